The molecule has 152 valence electrons. The maximum atomic E-state index is 12.8. The lowest BCUT2D eigenvalue weighted by atomic mass is 9.78. The number of carbonyl (C=O) groups is 1. The number of halogens is 1. The Morgan fingerprint density at radius 3 is 2.29 bits per heavy atom. The van der Waals surface area contributed by atoms with E-state index in [0.29, 0.717) is 11.2 Å². The van der Waals surface area contributed by atoms with E-state index in [1.807, 2.05) is 17.0 Å². The third-order valence-electron chi connectivity index (χ3n) is 6.30. The third-order valence-corrected chi connectivity index (χ3v) is 6.30. The summed E-state index contributed by atoms with van der Waals surface area (Å²) in [4.78, 5) is 14.8. The van der Waals surface area contributed by atoms with E-state index in [-0.39, 0.29) is 23.7 Å². The van der Waals surface area contributed by atoms with Crippen molar-refractivity contribution in [1.29, 1.82) is 0 Å². The highest BCUT2D eigenvalue weighted by Gasteiger charge is 2.38. The summed E-state index contributed by atoms with van der Waals surface area (Å²) in [6.07, 6.45) is 3.42. The summed E-state index contributed by atoms with van der Waals surface area (Å²) in [5, 5.41) is 3.47. The molecule has 1 spiro atoms. The van der Waals surface area contributed by atoms with Gasteiger partial charge in [0, 0.05) is 25.2 Å². The number of nitrogens with zero attached hydrogens (tertiary/aromatic N) is 1. The summed E-state index contributed by atoms with van der Waals surface area (Å²) in [5.74, 6) is 1.23. The second-order valence-electron chi connectivity index (χ2n) is 9.21. The molecule has 0 unspecified atom stereocenters. The fourth-order valence-electron chi connectivity index (χ4n) is 4.30. The van der Waals surface area contributed by atoms with Gasteiger partial charge in [-0.15, -0.1) is 12.4 Å². The molecule has 1 N–H and O–H groups in total. The van der Waals surface area contributed by atoms with Crippen LogP contribution in [0.4, 0.5) is 0 Å². The lowest BCUT2D eigenvalue weighted by molar-refractivity contribution is 0.0578. The highest BCUT2D eigenvalue weighted by molar-refractivity contribution is 5.92. The Morgan fingerprint density at radius 2 is 1.71 bits per heavy atom. The van der Waals surface area contributed by atoms with Crippen molar-refractivity contribution in [1.82, 2.24) is 10.2 Å². The van der Waals surface area contributed by atoms with Gasteiger partial charge in [0.05, 0.1) is 0 Å². The number of amides is 1. The van der Waals surface area contributed by atoms with Crippen molar-refractivity contribution < 1.29 is 9.21 Å². The minimum absolute atomic E-state index is 0. The van der Waals surface area contributed by atoms with Gasteiger partial charge in [0.25, 0.3) is 5.91 Å². The van der Waals surface area contributed by atoms with Crippen molar-refractivity contribution in [3.8, 4) is 11.3 Å². The van der Waals surface area contributed by atoms with Crippen molar-refractivity contribution in [3.63, 3.8) is 0 Å². The number of rotatable bonds is 2. The van der Waals surface area contributed by atoms with E-state index in [9.17, 15) is 4.79 Å². The van der Waals surface area contributed by atoms with Crippen LogP contribution in [-0.4, -0.2) is 37.0 Å². The Hall–Kier alpha value is -1.78. The van der Waals surface area contributed by atoms with Crippen LogP contribution in [0.3, 0.4) is 0 Å². The summed E-state index contributed by atoms with van der Waals surface area (Å²) in [6, 6.07) is 12.2. The monoisotopic (exact) mass is 402 g/mol. The van der Waals surface area contributed by atoms with Crippen LogP contribution in [0.5, 0.6) is 0 Å². The normalized spacial score (nSPS) is 18.9. The molecular weight excluding hydrogens is 372 g/mol. The van der Waals surface area contributed by atoms with Crippen LogP contribution in [0.2, 0.25) is 0 Å². The summed E-state index contributed by atoms with van der Waals surface area (Å²) >= 11 is 0. The summed E-state index contributed by atoms with van der Waals surface area (Å²) in [5.41, 5.74) is 2.85. The van der Waals surface area contributed by atoms with E-state index >= 15 is 0 Å². The largest absolute Gasteiger partial charge is 0.451 e. The highest BCUT2D eigenvalue weighted by atomic mass is 35.5. The Balaban J connectivity index is 0.00000225. The lowest BCUT2D eigenvalue weighted by Gasteiger charge is -2.38. The number of piperidine rings is 1. The highest BCUT2D eigenvalue weighted by Crippen LogP contribution is 2.37. The minimum atomic E-state index is 0. The number of carbonyl (C=O) groups excluding carboxylic acids is 1. The van der Waals surface area contributed by atoms with Gasteiger partial charge < -0.3 is 14.6 Å². The minimum Gasteiger partial charge on any atom is -0.451 e. The molecule has 0 radical (unpaired) electrons. The van der Waals surface area contributed by atoms with E-state index in [4.69, 9.17) is 4.42 Å². The number of hydrogen-bond acceptors (Lipinski definition) is 3. The van der Waals surface area contributed by atoms with E-state index in [2.05, 4.69) is 50.4 Å². The molecule has 4 rings (SSSR count). The molecule has 28 heavy (non-hydrogen) atoms. The second-order valence-corrected chi connectivity index (χ2v) is 9.21. The first kappa shape index (κ1) is 20.9. The first-order valence-corrected chi connectivity index (χ1v) is 10.1. The average Bonchev–Trinajstić information content (AvgIpc) is 3.31. The fourth-order valence-corrected chi connectivity index (χ4v) is 4.30. The van der Waals surface area contributed by atoms with E-state index < -0.39 is 0 Å². The summed E-state index contributed by atoms with van der Waals surface area (Å²) < 4.78 is 5.92. The fraction of sp³-hybridized carbons (Fsp3) is 0.522. The number of likely N-dealkylation sites (tertiary alicyclic amines) is 1. The van der Waals surface area contributed by atoms with E-state index in [1.165, 1.54) is 12.0 Å². The maximum Gasteiger partial charge on any atom is 0.289 e. The zero-order valence-corrected chi connectivity index (χ0v) is 17.9. The van der Waals surface area contributed by atoms with Crippen molar-refractivity contribution in [2.45, 2.75) is 45.4 Å². The van der Waals surface area contributed by atoms with Crippen molar-refractivity contribution in [3.05, 3.63) is 47.7 Å². The Labute approximate surface area is 174 Å². The quantitative estimate of drug-likeness (QED) is 0.778. The molecule has 2 aliphatic rings. The van der Waals surface area contributed by atoms with Gasteiger partial charge in [-0.3, -0.25) is 4.79 Å². The van der Waals surface area contributed by atoms with Crippen LogP contribution in [0.25, 0.3) is 11.3 Å². The first-order chi connectivity index (χ1) is 12.9. The van der Waals surface area contributed by atoms with Gasteiger partial charge in [0.15, 0.2) is 5.76 Å². The molecule has 0 bridgehead atoms. The number of furan rings is 1. The third kappa shape index (κ3) is 4.13. The summed E-state index contributed by atoms with van der Waals surface area (Å²) in [7, 11) is 0. The second kappa shape index (κ2) is 7.92. The SMILES string of the molecule is CC(C)(C)c1ccc(-c2ccc(C(=O)N3CCC4(CCNC4)CC3)o2)cc1.Cl. The van der Waals surface area contributed by atoms with Gasteiger partial charge in [-0.05, 0) is 54.3 Å². The van der Waals surface area contributed by atoms with Crippen LogP contribution in [0.15, 0.2) is 40.8 Å². The predicted molar refractivity (Wildman–Crippen MR) is 115 cm³/mol. The Morgan fingerprint density at radius 1 is 1.04 bits per heavy atom. The van der Waals surface area contributed by atoms with Crippen LogP contribution >= 0.6 is 12.4 Å². The molecule has 0 atom stereocenters. The Kier molecular flexibility index (Phi) is 5.92. The molecule has 0 saturated carbocycles. The zero-order valence-electron chi connectivity index (χ0n) is 17.1. The van der Waals surface area contributed by atoms with Crippen molar-refractivity contribution in [2.24, 2.45) is 5.41 Å². The number of hydrogen-bond donors (Lipinski definition) is 1. The Bertz CT molecular complexity index is 804. The standard InChI is InChI=1S/C23H30N2O2.ClH/c1-22(2,3)18-6-4-17(5-7-18)19-8-9-20(27-19)21(26)25-14-11-23(12-15-25)10-13-24-16-23;/h4-9,24H,10-16H2,1-3H3;1H. The van der Waals surface area contributed by atoms with Gasteiger partial charge in [-0.2, -0.15) is 0 Å². The molecule has 2 saturated heterocycles. The van der Waals surface area contributed by atoms with Gasteiger partial charge >= 0.3 is 0 Å². The molecule has 1 amide bonds. The smallest absolute Gasteiger partial charge is 0.289 e. The lowest BCUT2D eigenvalue weighted by Crippen LogP contribution is -2.43. The van der Waals surface area contributed by atoms with Crippen LogP contribution in [0.1, 0.15) is 56.2 Å². The molecule has 0 aliphatic carbocycles. The number of benzene rings is 1. The molecule has 5 heteroatoms. The first-order valence-electron chi connectivity index (χ1n) is 10.1. The summed E-state index contributed by atoms with van der Waals surface area (Å²) in [6.45, 7) is 10.5. The topological polar surface area (TPSA) is 45.5 Å². The zero-order chi connectivity index (χ0) is 19.1. The van der Waals surface area contributed by atoms with Crippen molar-refractivity contribution >= 4 is 18.3 Å². The van der Waals surface area contributed by atoms with Gasteiger partial charge in [-0.25, -0.2) is 0 Å². The number of nitrogens with one attached hydrogen (secondary N) is 1. The van der Waals surface area contributed by atoms with Crippen LogP contribution < -0.4 is 5.32 Å². The molecule has 3 heterocycles. The van der Waals surface area contributed by atoms with Crippen LogP contribution in [0, 0.1) is 5.41 Å². The maximum absolute atomic E-state index is 12.8. The molecule has 1 aromatic carbocycles. The van der Waals surface area contributed by atoms with E-state index in [1.54, 1.807) is 0 Å². The van der Waals surface area contributed by atoms with Gasteiger partial charge in [-0.1, -0.05) is 45.0 Å². The molecular formula is C23H31ClN2O2. The predicted octanol–water partition coefficient (Wildman–Crippen LogP) is 4.88. The van der Waals surface area contributed by atoms with Gasteiger partial charge in [0.2, 0.25) is 0 Å². The molecule has 4 nitrogen and oxygen atoms in total. The van der Waals surface area contributed by atoms with Crippen LogP contribution in [-0.2, 0) is 5.41 Å². The molecule has 1 aromatic heterocycles. The van der Waals surface area contributed by atoms with Crippen molar-refractivity contribution in [2.75, 3.05) is 26.2 Å². The molecule has 2 aliphatic heterocycles. The molecule has 2 aromatic rings. The van der Waals surface area contributed by atoms with Gasteiger partial charge in [0.1, 0.15) is 5.76 Å². The van der Waals surface area contributed by atoms with E-state index in [0.717, 1.165) is 50.3 Å². The molecule has 2 fully saturated rings. The average molecular weight is 403 g/mol.